The molecule has 0 fully saturated rings. The van der Waals surface area contributed by atoms with Gasteiger partial charge in [-0.15, -0.1) is 5.10 Å². The van der Waals surface area contributed by atoms with Gasteiger partial charge in [-0.3, -0.25) is 13.8 Å². The average molecular weight is 456 g/mol. The van der Waals surface area contributed by atoms with Crippen molar-refractivity contribution < 1.29 is 0 Å². The van der Waals surface area contributed by atoms with Gasteiger partial charge < -0.3 is 5.32 Å². The topological polar surface area (TPSA) is 82.6 Å². The summed E-state index contributed by atoms with van der Waals surface area (Å²) >= 11 is 0. The van der Waals surface area contributed by atoms with E-state index in [-0.39, 0.29) is 11.7 Å². The highest BCUT2D eigenvalue weighted by atomic mass is 16.1. The van der Waals surface area contributed by atoms with Crippen LogP contribution < -0.4 is 11.0 Å². The first-order valence-electron chi connectivity index (χ1n) is 11.4. The molecular formula is C26H29N7O. The van der Waals surface area contributed by atoms with Crippen LogP contribution in [0.3, 0.4) is 0 Å². The molecule has 3 aromatic heterocycles. The van der Waals surface area contributed by atoms with Crippen molar-refractivity contribution >= 4 is 27.6 Å². The van der Waals surface area contributed by atoms with Gasteiger partial charge in [-0.1, -0.05) is 18.2 Å². The molecule has 0 saturated heterocycles. The summed E-state index contributed by atoms with van der Waals surface area (Å²) in [6.45, 7) is 8.23. The van der Waals surface area contributed by atoms with Crippen LogP contribution in [0.5, 0.6) is 0 Å². The number of aryl methyl sites for hydroxylation is 5. The summed E-state index contributed by atoms with van der Waals surface area (Å²) in [5.74, 6) is 0.701. The zero-order valence-electron chi connectivity index (χ0n) is 20.6. The average Bonchev–Trinajstić information content (AvgIpc) is 3.25. The first-order chi connectivity index (χ1) is 16.2. The summed E-state index contributed by atoms with van der Waals surface area (Å²) in [7, 11) is 5.56. The zero-order chi connectivity index (χ0) is 24.3. The lowest BCUT2D eigenvalue weighted by atomic mass is 9.95. The van der Waals surface area contributed by atoms with Crippen molar-refractivity contribution in [1.82, 2.24) is 29.1 Å². The van der Waals surface area contributed by atoms with E-state index in [1.165, 1.54) is 11.1 Å². The fraction of sp³-hybridized carbons (Fsp3) is 0.308. The molecule has 174 valence electrons. The first-order valence-corrected chi connectivity index (χ1v) is 11.4. The minimum absolute atomic E-state index is 0.00947. The molecule has 0 aliphatic heterocycles. The molecule has 3 heterocycles. The van der Waals surface area contributed by atoms with Crippen molar-refractivity contribution in [2.75, 3.05) is 5.32 Å². The summed E-state index contributed by atoms with van der Waals surface area (Å²) < 4.78 is 5.26. The highest BCUT2D eigenvalue weighted by molar-refractivity contribution is 6.01. The lowest BCUT2D eigenvalue weighted by Gasteiger charge is -2.20. The second kappa shape index (κ2) is 7.83. The third-order valence-electron chi connectivity index (χ3n) is 6.83. The number of benzene rings is 2. The number of aromatic nitrogens is 6. The molecule has 0 unspecified atom stereocenters. The molecule has 1 N–H and O–H groups in total. The lowest BCUT2D eigenvalue weighted by Crippen LogP contribution is -2.19. The largest absolute Gasteiger partial charge is 0.362 e. The van der Waals surface area contributed by atoms with E-state index in [9.17, 15) is 4.79 Å². The van der Waals surface area contributed by atoms with Crippen LogP contribution in [0.1, 0.15) is 35.5 Å². The third kappa shape index (κ3) is 3.29. The number of fused-ring (bicyclic) bond motifs is 2. The van der Waals surface area contributed by atoms with Gasteiger partial charge in [0.25, 0.3) is 0 Å². The number of nitrogens with zero attached hydrogens (tertiary/aromatic N) is 6. The van der Waals surface area contributed by atoms with Crippen LogP contribution in [0, 0.1) is 20.8 Å². The molecule has 2 aromatic carbocycles. The van der Waals surface area contributed by atoms with E-state index in [1.54, 1.807) is 23.2 Å². The van der Waals surface area contributed by atoms with Gasteiger partial charge in [0.2, 0.25) is 0 Å². The van der Waals surface area contributed by atoms with E-state index in [2.05, 4.69) is 58.7 Å². The van der Waals surface area contributed by atoms with Crippen molar-refractivity contribution in [3.63, 3.8) is 0 Å². The van der Waals surface area contributed by atoms with Crippen LogP contribution in [0.25, 0.3) is 33.1 Å². The lowest BCUT2D eigenvalue weighted by molar-refractivity contribution is 0.763. The molecule has 8 nitrogen and oxygen atoms in total. The Labute approximate surface area is 197 Å². The molecule has 0 amide bonds. The number of rotatable bonds is 4. The first kappa shape index (κ1) is 21.9. The van der Waals surface area contributed by atoms with E-state index < -0.39 is 0 Å². The Bertz CT molecular complexity index is 1640. The van der Waals surface area contributed by atoms with Crippen molar-refractivity contribution in [1.29, 1.82) is 0 Å². The molecule has 8 heteroatoms. The zero-order valence-corrected chi connectivity index (χ0v) is 20.6. The Balaban J connectivity index is 1.60. The maximum Gasteiger partial charge on any atom is 0.328 e. The van der Waals surface area contributed by atoms with Gasteiger partial charge in [-0.25, -0.2) is 4.79 Å². The van der Waals surface area contributed by atoms with Crippen molar-refractivity contribution in [2.45, 2.75) is 33.7 Å². The molecule has 0 bridgehead atoms. The van der Waals surface area contributed by atoms with Crippen molar-refractivity contribution in [3.8, 4) is 11.3 Å². The number of hydrogen-bond acceptors (Lipinski definition) is 5. The Kier molecular flexibility index (Phi) is 5.04. The Morgan fingerprint density at radius 2 is 1.59 bits per heavy atom. The second-order valence-corrected chi connectivity index (χ2v) is 9.10. The number of imidazole rings is 1. The predicted octanol–water partition coefficient (Wildman–Crippen LogP) is 4.32. The van der Waals surface area contributed by atoms with Crippen molar-refractivity contribution in [2.24, 2.45) is 21.1 Å². The molecule has 5 rings (SSSR count). The molecule has 0 radical (unpaired) electrons. The maximum atomic E-state index is 12.5. The molecular weight excluding hydrogens is 426 g/mol. The minimum Gasteiger partial charge on any atom is -0.362 e. The van der Waals surface area contributed by atoms with Gasteiger partial charge in [0, 0.05) is 37.5 Å². The number of hydrogen-bond donors (Lipinski definition) is 1. The van der Waals surface area contributed by atoms with E-state index in [0.29, 0.717) is 5.82 Å². The van der Waals surface area contributed by atoms with Crippen LogP contribution in [-0.2, 0) is 21.1 Å². The Hall–Kier alpha value is -3.94. The summed E-state index contributed by atoms with van der Waals surface area (Å²) in [4.78, 5) is 12.5. The van der Waals surface area contributed by atoms with Gasteiger partial charge in [0.05, 0.1) is 34.2 Å². The number of anilines is 1. The smallest absolute Gasteiger partial charge is 0.328 e. The monoisotopic (exact) mass is 455 g/mol. The molecule has 0 aliphatic rings. The summed E-state index contributed by atoms with van der Waals surface area (Å²) in [6, 6.07) is 12.5. The highest BCUT2D eigenvalue weighted by Gasteiger charge is 2.18. The SMILES string of the molecule is Cc1cc(-c2cccc([C@@H](C)Nc3nnc(C)c4cc5c(cc34)n(C)c(=O)n5C)c2C)n(C)n1. The van der Waals surface area contributed by atoms with Gasteiger partial charge in [-0.05, 0) is 57.0 Å². The van der Waals surface area contributed by atoms with Gasteiger partial charge in [0.15, 0.2) is 5.82 Å². The minimum atomic E-state index is -0.0513. The summed E-state index contributed by atoms with van der Waals surface area (Å²) in [5.41, 5.74) is 8.16. The quantitative estimate of drug-likeness (QED) is 0.436. The van der Waals surface area contributed by atoms with E-state index in [1.807, 2.05) is 37.7 Å². The normalized spacial score (nSPS) is 12.6. The molecule has 0 aliphatic carbocycles. The summed E-state index contributed by atoms with van der Waals surface area (Å²) in [5, 5.41) is 18.9. The maximum absolute atomic E-state index is 12.5. The fourth-order valence-electron chi connectivity index (χ4n) is 4.93. The van der Waals surface area contributed by atoms with Crippen LogP contribution in [0.4, 0.5) is 5.82 Å². The Morgan fingerprint density at radius 1 is 0.912 bits per heavy atom. The van der Waals surface area contributed by atoms with Gasteiger partial charge in [-0.2, -0.15) is 10.2 Å². The standard InChI is InChI=1S/C26H29N7O/c1-14-11-22(33(7)30-14)19-10-8-9-18(15(19)2)16(3)27-25-21-13-24-23(31(5)26(34)32(24)6)12-20(21)17(4)28-29-25/h8-13,16H,1-7H3,(H,27,29)/t16-/m1/s1. The second-order valence-electron chi connectivity index (χ2n) is 9.10. The number of nitrogens with one attached hydrogen (secondary N) is 1. The van der Waals surface area contributed by atoms with Crippen LogP contribution >= 0.6 is 0 Å². The van der Waals surface area contributed by atoms with Crippen LogP contribution in [0.2, 0.25) is 0 Å². The van der Waals surface area contributed by atoms with Crippen molar-refractivity contribution in [3.05, 3.63) is 69.4 Å². The highest BCUT2D eigenvalue weighted by Crippen LogP contribution is 2.33. The summed E-state index contributed by atoms with van der Waals surface area (Å²) in [6.07, 6.45) is 0. The molecule has 5 aromatic rings. The molecule has 0 saturated carbocycles. The predicted molar refractivity (Wildman–Crippen MR) is 136 cm³/mol. The van der Waals surface area contributed by atoms with E-state index in [0.717, 1.165) is 44.5 Å². The molecule has 0 spiro atoms. The Morgan fingerprint density at radius 3 is 2.24 bits per heavy atom. The molecule has 34 heavy (non-hydrogen) atoms. The van der Waals surface area contributed by atoms with E-state index in [4.69, 9.17) is 0 Å². The van der Waals surface area contributed by atoms with E-state index >= 15 is 0 Å². The van der Waals surface area contributed by atoms with Gasteiger partial charge in [0.1, 0.15) is 0 Å². The van der Waals surface area contributed by atoms with Crippen LogP contribution in [0.15, 0.2) is 41.2 Å². The van der Waals surface area contributed by atoms with Crippen LogP contribution in [-0.4, -0.2) is 29.1 Å². The molecule has 1 atom stereocenters. The third-order valence-corrected chi connectivity index (χ3v) is 6.83. The van der Waals surface area contributed by atoms with Gasteiger partial charge >= 0.3 is 5.69 Å². The fourth-order valence-corrected chi connectivity index (χ4v) is 4.93.